The van der Waals surface area contributed by atoms with Gasteiger partial charge in [0, 0.05) is 63.5 Å². The highest BCUT2D eigenvalue weighted by atomic mass is 16.3. The van der Waals surface area contributed by atoms with Crippen molar-refractivity contribution in [2.24, 2.45) is 11.8 Å². The molecule has 0 aromatic carbocycles. The van der Waals surface area contributed by atoms with Crippen LogP contribution in [0.25, 0.3) is 11.3 Å². The smallest absolute Gasteiger partial charge is 0.290 e. The van der Waals surface area contributed by atoms with Gasteiger partial charge in [-0.05, 0) is 24.3 Å². The van der Waals surface area contributed by atoms with Gasteiger partial charge in [-0.2, -0.15) is 0 Å². The SMILES string of the molecule is CC(C)CN1C[C@@H]2C[C@H](C1)c1cc(-c3cncc(C(=O)N(C)C)n3)cc(=O)n1C2.O=CO. The molecule has 2 bridgehead atoms. The molecule has 0 unspecified atom stereocenters. The largest absolute Gasteiger partial charge is 0.483 e. The maximum Gasteiger partial charge on any atom is 0.290 e. The van der Waals surface area contributed by atoms with E-state index in [1.54, 1.807) is 26.4 Å². The Bertz CT molecular complexity index is 1030. The molecule has 1 fully saturated rings. The predicted octanol–water partition coefficient (Wildman–Crippen LogP) is 1.78. The van der Waals surface area contributed by atoms with Crippen molar-refractivity contribution in [2.45, 2.75) is 32.7 Å². The Hall–Kier alpha value is -3.07. The van der Waals surface area contributed by atoms with Crippen LogP contribution in [-0.2, 0) is 11.3 Å². The molecule has 172 valence electrons. The quantitative estimate of drug-likeness (QED) is 0.721. The molecule has 4 rings (SSSR count). The van der Waals surface area contributed by atoms with Gasteiger partial charge in [0.25, 0.3) is 17.9 Å². The maximum absolute atomic E-state index is 12.9. The molecule has 2 aromatic heterocycles. The van der Waals surface area contributed by atoms with Crippen LogP contribution in [0.4, 0.5) is 0 Å². The lowest BCUT2D eigenvalue weighted by Gasteiger charge is -2.43. The number of fused-ring (bicyclic) bond motifs is 4. The zero-order valence-electron chi connectivity index (χ0n) is 19.1. The molecule has 2 aromatic rings. The first kappa shape index (κ1) is 23.6. The minimum Gasteiger partial charge on any atom is -0.483 e. The lowest BCUT2D eigenvalue weighted by Crippen LogP contribution is -2.48. The number of carbonyl (C=O) groups excluding carboxylic acids is 1. The van der Waals surface area contributed by atoms with Crippen molar-refractivity contribution in [3.05, 3.63) is 46.3 Å². The van der Waals surface area contributed by atoms with E-state index in [0.29, 0.717) is 23.4 Å². The van der Waals surface area contributed by atoms with Crippen molar-refractivity contribution in [3.8, 4) is 11.3 Å². The van der Waals surface area contributed by atoms with Crippen molar-refractivity contribution in [1.82, 2.24) is 24.3 Å². The van der Waals surface area contributed by atoms with Gasteiger partial charge in [-0.3, -0.25) is 19.4 Å². The lowest BCUT2D eigenvalue weighted by molar-refractivity contribution is -0.122. The second kappa shape index (κ2) is 10.0. The summed E-state index contributed by atoms with van der Waals surface area (Å²) in [5.41, 5.74) is 2.68. The first-order valence-electron chi connectivity index (χ1n) is 10.8. The maximum atomic E-state index is 12.9. The third kappa shape index (κ3) is 5.21. The monoisotopic (exact) mass is 441 g/mol. The number of hydrogen-bond acceptors (Lipinski definition) is 6. The lowest BCUT2D eigenvalue weighted by atomic mass is 9.82. The van der Waals surface area contributed by atoms with Crippen LogP contribution in [0.3, 0.4) is 0 Å². The van der Waals surface area contributed by atoms with E-state index in [0.717, 1.165) is 43.9 Å². The average Bonchev–Trinajstić information content (AvgIpc) is 2.74. The highest BCUT2D eigenvalue weighted by molar-refractivity contribution is 5.92. The van der Waals surface area contributed by atoms with Crippen LogP contribution in [-0.4, -0.2) is 75.6 Å². The van der Waals surface area contributed by atoms with E-state index in [-0.39, 0.29) is 23.6 Å². The van der Waals surface area contributed by atoms with E-state index in [2.05, 4.69) is 34.8 Å². The second-order valence-corrected chi connectivity index (χ2v) is 9.12. The standard InChI is InChI=1S/C22H29N5O2.CH2O2/c1-14(2)10-26-11-15-5-17(13-26)20-6-16(7-21(28)27(20)12-15)18-8-23-9-19(24-18)22(29)25(3)4;2-1-3/h6-9,14-15,17H,5,10-13H2,1-4H3;1H,(H,2,3)/t15-,17+;/m0./s1. The molecule has 1 N–H and O–H groups in total. The highest BCUT2D eigenvalue weighted by Crippen LogP contribution is 2.36. The van der Waals surface area contributed by atoms with E-state index in [4.69, 9.17) is 9.90 Å². The molecule has 0 spiro atoms. The summed E-state index contributed by atoms with van der Waals surface area (Å²) in [5, 5.41) is 6.89. The molecule has 32 heavy (non-hydrogen) atoms. The van der Waals surface area contributed by atoms with Crippen molar-refractivity contribution in [2.75, 3.05) is 33.7 Å². The predicted molar refractivity (Wildman–Crippen MR) is 121 cm³/mol. The van der Waals surface area contributed by atoms with Gasteiger partial charge in [-0.1, -0.05) is 13.8 Å². The van der Waals surface area contributed by atoms with E-state index in [1.165, 1.54) is 11.1 Å². The van der Waals surface area contributed by atoms with Gasteiger partial charge in [0.15, 0.2) is 0 Å². The van der Waals surface area contributed by atoms with Crippen LogP contribution in [0.15, 0.2) is 29.3 Å². The molecule has 2 aliphatic rings. The van der Waals surface area contributed by atoms with E-state index in [1.807, 2.05) is 4.57 Å². The van der Waals surface area contributed by atoms with Crippen molar-refractivity contribution >= 4 is 12.4 Å². The molecule has 4 heterocycles. The van der Waals surface area contributed by atoms with Gasteiger partial charge < -0.3 is 19.5 Å². The summed E-state index contributed by atoms with van der Waals surface area (Å²) in [6.07, 6.45) is 4.21. The third-order valence-corrected chi connectivity index (χ3v) is 5.81. The van der Waals surface area contributed by atoms with Crippen LogP contribution in [0.1, 0.15) is 42.4 Å². The fraction of sp³-hybridized carbons (Fsp3) is 0.522. The number of amides is 1. The van der Waals surface area contributed by atoms with Gasteiger partial charge in [-0.15, -0.1) is 0 Å². The molecule has 1 amide bonds. The molecular weight excluding hydrogens is 410 g/mol. The van der Waals surface area contributed by atoms with Crippen molar-refractivity contribution in [3.63, 3.8) is 0 Å². The van der Waals surface area contributed by atoms with Crippen LogP contribution in [0.5, 0.6) is 0 Å². The summed E-state index contributed by atoms with van der Waals surface area (Å²) in [6.45, 7) is 8.19. The fourth-order valence-electron chi connectivity index (χ4n) is 4.71. The van der Waals surface area contributed by atoms with Gasteiger partial charge >= 0.3 is 0 Å². The molecule has 1 saturated heterocycles. The minimum absolute atomic E-state index is 0.00986. The third-order valence-electron chi connectivity index (χ3n) is 5.81. The number of piperidine rings is 1. The molecule has 0 aliphatic carbocycles. The fourth-order valence-corrected chi connectivity index (χ4v) is 4.71. The van der Waals surface area contributed by atoms with Crippen LogP contribution in [0.2, 0.25) is 0 Å². The minimum atomic E-state index is -0.250. The molecule has 9 nitrogen and oxygen atoms in total. The first-order chi connectivity index (χ1) is 15.2. The summed E-state index contributed by atoms with van der Waals surface area (Å²) in [4.78, 5) is 46.2. The molecular formula is C23H31N5O4. The summed E-state index contributed by atoms with van der Waals surface area (Å²) in [7, 11) is 3.37. The number of hydrogen-bond donors (Lipinski definition) is 1. The summed E-state index contributed by atoms with van der Waals surface area (Å²) >= 11 is 0. The number of carbonyl (C=O) groups is 2. The topological polar surface area (TPSA) is 109 Å². The van der Waals surface area contributed by atoms with E-state index >= 15 is 0 Å². The Balaban J connectivity index is 0.000000913. The Morgan fingerprint density at radius 3 is 2.62 bits per heavy atom. The summed E-state index contributed by atoms with van der Waals surface area (Å²) < 4.78 is 1.94. The Kier molecular flexibility index (Phi) is 7.40. The number of carboxylic acid groups (broad SMARTS) is 1. The molecule has 9 heteroatoms. The normalized spacial score (nSPS) is 19.5. The van der Waals surface area contributed by atoms with Crippen LogP contribution in [0, 0.1) is 11.8 Å². The Morgan fingerprint density at radius 2 is 1.97 bits per heavy atom. The molecule has 0 saturated carbocycles. The van der Waals surface area contributed by atoms with E-state index < -0.39 is 0 Å². The number of rotatable bonds is 4. The van der Waals surface area contributed by atoms with Gasteiger partial charge in [0.05, 0.1) is 18.1 Å². The Morgan fingerprint density at radius 1 is 1.25 bits per heavy atom. The van der Waals surface area contributed by atoms with Gasteiger partial charge in [0.1, 0.15) is 5.69 Å². The zero-order chi connectivity index (χ0) is 23.4. The summed E-state index contributed by atoms with van der Waals surface area (Å²) in [5.74, 6) is 1.32. The number of likely N-dealkylation sites (tertiary alicyclic amines) is 1. The molecule has 2 atom stereocenters. The number of aromatic nitrogens is 3. The van der Waals surface area contributed by atoms with Crippen LogP contribution < -0.4 is 5.56 Å². The summed E-state index contributed by atoms with van der Waals surface area (Å²) in [6, 6.07) is 3.71. The molecule has 2 aliphatic heterocycles. The highest BCUT2D eigenvalue weighted by Gasteiger charge is 2.35. The van der Waals surface area contributed by atoms with E-state index in [9.17, 15) is 9.59 Å². The first-order valence-corrected chi connectivity index (χ1v) is 10.8. The number of pyridine rings is 1. The average molecular weight is 442 g/mol. The van der Waals surface area contributed by atoms with Crippen molar-refractivity contribution in [1.29, 1.82) is 0 Å². The van der Waals surface area contributed by atoms with Gasteiger partial charge in [0.2, 0.25) is 0 Å². The van der Waals surface area contributed by atoms with Crippen molar-refractivity contribution < 1.29 is 14.7 Å². The van der Waals surface area contributed by atoms with Gasteiger partial charge in [-0.25, -0.2) is 4.98 Å². The zero-order valence-corrected chi connectivity index (χ0v) is 19.1. The molecule has 0 radical (unpaired) electrons. The second-order valence-electron chi connectivity index (χ2n) is 9.12. The number of nitrogens with zero attached hydrogens (tertiary/aromatic N) is 5. The Labute approximate surface area is 187 Å². The van der Waals surface area contributed by atoms with Crippen LogP contribution >= 0.6 is 0 Å².